The lowest BCUT2D eigenvalue weighted by atomic mass is 9.95. The van der Waals surface area contributed by atoms with Crippen molar-refractivity contribution in [3.63, 3.8) is 0 Å². The topological polar surface area (TPSA) is 12.0 Å². The van der Waals surface area contributed by atoms with E-state index in [0.717, 1.165) is 23.2 Å². The Labute approximate surface area is 125 Å². The lowest BCUT2D eigenvalue weighted by Gasteiger charge is -2.20. The highest BCUT2D eigenvalue weighted by Gasteiger charge is 2.16. The maximum absolute atomic E-state index is 14.2. The zero-order valence-corrected chi connectivity index (χ0v) is 12.7. The summed E-state index contributed by atoms with van der Waals surface area (Å²) in [5, 5.41) is 3.29. The lowest BCUT2D eigenvalue weighted by molar-refractivity contribution is 0.507. The van der Waals surface area contributed by atoms with E-state index >= 15 is 0 Å². The fourth-order valence-electron chi connectivity index (χ4n) is 2.53. The minimum Gasteiger partial charge on any atom is -0.310 e. The normalized spacial score (nSPS) is 12.4. The van der Waals surface area contributed by atoms with Crippen molar-refractivity contribution in [1.29, 1.82) is 0 Å². The molecule has 0 aliphatic heterocycles. The Kier molecular flexibility index (Phi) is 5.07. The first-order chi connectivity index (χ1) is 10.0. The van der Waals surface area contributed by atoms with Crippen LogP contribution in [0.1, 0.15) is 35.2 Å². The highest BCUT2D eigenvalue weighted by Crippen LogP contribution is 2.24. The van der Waals surface area contributed by atoms with Crippen molar-refractivity contribution >= 4 is 0 Å². The van der Waals surface area contributed by atoms with Crippen LogP contribution < -0.4 is 5.32 Å². The minimum atomic E-state index is -0.254. The summed E-state index contributed by atoms with van der Waals surface area (Å²) >= 11 is 0. The van der Waals surface area contributed by atoms with E-state index < -0.39 is 0 Å². The zero-order chi connectivity index (χ0) is 15.4. The first kappa shape index (κ1) is 15.6. The standard InChI is InChI=1S/C18H21F2N/c1-4-21-18(16-8-5-12(2)9-17(16)20)11-14-10-15(19)7-6-13(14)3/h5-10,18,21H,4,11H2,1-3H3. The Morgan fingerprint density at radius 2 is 1.81 bits per heavy atom. The largest absolute Gasteiger partial charge is 0.310 e. The van der Waals surface area contributed by atoms with Gasteiger partial charge in [0.1, 0.15) is 11.6 Å². The van der Waals surface area contributed by atoms with E-state index in [4.69, 9.17) is 0 Å². The molecule has 0 amide bonds. The van der Waals surface area contributed by atoms with Crippen LogP contribution in [0.3, 0.4) is 0 Å². The van der Waals surface area contributed by atoms with E-state index in [0.29, 0.717) is 12.0 Å². The molecule has 2 aromatic carbocycles. The van der Waals surface area contributed by atoms with Gasteiger partial charge in [-0.1, -0.05) is 25.1 Å². The second-order valence-electron chi connectivity index (χ2n) is 5.41. The summed E-state index contributed by atoms with van der Waals surface area (Å²) in [7, 11) is 0. The van der Waals surface area contributed by atoms with Gasteiger partial charge in [0.25, 0.3) is 0 Å². The van der Waals surface area contributed by atoms with Gasteiger partial charge < -0.3 is 5.32 Å². The van der Waals surface area contributed by atoms with E-state index in [2.05, 4.69) is 5.32 Å². The zero-order valence-electron chi connectivity index (χ0n) is 12.7. The van der Waals surface area contributed by atoms with Crippen LogP contribution in [0, 0.1) is 25.5 Å². The molecule has 112 valence electrons. The molecule has 0 aliphatic carbocycles. The first-order valence-electron chi connectivity index (χ1n) is 7.25. The number of hydrogen-bond acceptors (Lipinski definition) is 1. The molecule has 2 rings (SSSR count). The summed E-state index contributed by atoms with van der Waals surface area (Å²) < 4.78 is 27.6. The molecule has 1 unspecified atom stereocenters. The molecule has 0 radical (unpaired) electrons. The van der Waals surface area contributed by atoms with Gasteiger partial charge in [-0.3, -0.25) is 0 Å². The summed E-state index contributed by atoms with van der Waals surface area (Å²) in [4.78, 5) is 0. The van der Waals surface area contributed by atoms with Gasteiger partial charge in [-0.2, -0.15) is 0 Å². The van der Waals surface area contributed by atoms with Crippen molar-refractivity contribution in [3.8, 4) is 0 Å². The molecule has 1 nitrogen and oxygen atoms in total. The predicted octanol–water partition coefficient (Wildman–Crippen LogP) is 4.47. The van der Waals surface area contributed by atoms with Crippen molar-refractivity contribution in [2.24, 2.45) is 0 Å². The van der Waals surface area contributed by atoms with Gasteiger partial charge in [-0.05, 0) is 61.7 Å². The van der Waals surface area contributed by atoms with E-state index in [1.54, 1.807) is 6.07 Å². The van der Waals surface area contributed by atoms with Gasteiger partial charge in [0.2, 0.25) is 0 Å². The molecule has 0 spiro atoms. The summed E-state index contributed by atoms with van der Waals surface area (Å²) in [6.45, 7) is 6.53. The van der Waals surface area contributed by atoms with Gasteiger partial charge in [-0.25, -0.2) is 8.78 Å². The van der Waals surface area contributed by atoms with Gasteiger partial charge in [0.15, 0.2) is 0 Å². The number of rotatable bonds is 5. The number of hydrogen-bond donors (Lipinski definition) is 1. The van der Waals surface area contributed by atoms with Gasteiger partial charge >= 0.3 is 0 Å². The van der Waals surface area contributed by atoms with Crippen LogP contribution in [-0.4, -0.2) is 6.54 Å². The van der Waals surface area contributed by atoms with Crippen molar-refractivity contribution in [1.82, 2.24) is 5.32 Å². The third-order valence-corrected chi connectivity index (χ3v) is 3.72. The second kappa shape index (κ2) is 6.81. The van der Waals surface area contributed by atoms with Crippen LogP contribution in [0.2, 0.25) is 0 Å². The van der Waals surface area contributed by atoms with Crippen molar-refractivity contribution in [2.45, 2.75) is 33.2 Å². The Morgan fingerprint density at radius 1 is 1.05 bits per heavy atom. The van der Waals surface area contributed by atoms with Crippen LogP contribution in [0.4, 0.5) is 8.78 Å². The second-order valence-corrected chi connectivity index (χ2v) is 5.41. The van der Waals surface area contributed by atoms with Crippen molar-refractivity contribution < 1.29 is 8.78 Å². The number of likely N-dealkylation sites (N-methyl/N-ethyl adjacent to an activating group) is 1. The molecule has 3 heteroatoms. The van der Waals surface area contributed by atoms with E-state index in [1.807, 2.05) is 32.9 Å². The fraction of sp³-hybridized carbons (Fsp3) is 0.333. The van der Waals surface area contributed by atoms with Gasteiger partial charge in [-0.15, -0.1) is 0 Å². The first-order valence-corrected chi connectivity index (χ1v) is 7.25. The predicted molar refractivity (Wildman–Crippen MR) is 82.4 cm³/mol. The van der Waals surface area contributed by atoms with E-state index in [9.17, 15) is 8.78 Å². The Hall–Kier alpha value is -1.74. The fourth-order valence-corrected chi connectivity index (χ4v) is 2.53. The summed E-state index contributed by atoms with van der Waals surface area (Å²) in [5.74, 6) is -0.467. The molecule has 0 saturated carbocycles. The summed E-state index contributed by atoms with van der Waals surface area (Å²) in [6, 6.07) is 9.85. The molecule has 1 N–H and O–H groups in total. The maximum Gasteiger partial charge on any atom is 0.128 e. The molecular formula is C18H21F2N. The Balaban J connectivity index is 2.32. The molecule has 0 saturated heterocycles. The summed E-state index contributed by atoms with van der Waals surface area (Å²) in [5.41, 5.74) is 3.45. The number of halogens is 2. The monoisotopic (exact) mass is 289 g/mol. The van der Waals surface area contributed by atoms with Crippen LogP contribution in [0.5, 0.6) is 0 Å². The molecule has 0 bridgehead atoms. The summed E-state index contributed by atoms with van der Waals surface area (Å²) in [6.07, 6.45) is 0.567. The molecule has 0 heterocycles. The highest BCUT2D eigenvalue weighted by atomic mass is 19.1. The Bertz CT molecular complexity index is 623. The minimum absolute atomic E-state index is 0.156. The van der Waals surface area contributed by atoms with Crippen molar-refractivity contribution in [2.75, 3.05) is 6.54 Å². The third-order valence-electron chi connectivity index (χ3n) is 3.72. The van der Waals surface area contributed by atoms with Crippen LogP contribution in [0.25, 0.3) is 0 Å². The Morgan fingerprint density at radius 3 is 2.48 bits per heavy atom. The molecule has 21 heavy (non-hydrogen) atoms. The lowest BCUT2D eigenvalue weighted by Crippen LogP contribution is -2.24. The third kappa shape index (κ3) is 3.88. The van der Waals surface area contributed by atoms with Crippen molar-refractivity contribution in [3.05, 3.63) is 70.3 Å². The average Bonchev–Trinajstić information content (AvgIpc) is 2.42. The number of nitrogens with one attached hydrogen (secondary N) is 1. The number of benzene rings is 2. The van der Waals surface area contributed by atoms with E-state index in [-0.39, 0.29) is 17.7 Å². The SMILES string of the molecule is CCNC(Cc1cc(F)ccc1C)c1ccc(C)cc1F. The van der Waals surface area contributed by atoms with Crippen LogP contribution >= 0.6 is 0 Å². The maximum atomic E-state index is 14.2. The van der Waals surface area contributed by atoms with Crippen LogP contribution in [0.15, 0.2) is 36.4 Å². The van der Waals surface area contributed by atoms with Gasteiger partial charge in [0, 0.05) is 11.6 Å². The van der Waals surface area contributed by atoms with Gasteiger partial charge in [0.05, 0.1) is 0 Å². The molecular weight excluding hydrogens is 268 g/mol. The molecule has 0 aromatic heterocycles. The van der Waals surface area contributed by atoms with Crippen LogP contribution in [-0.2, 0) is 6.42 Å². The van der Waals surface area contributed by atoms with E-state index in [1.165, 1.54) is 18.2 Å². The molecule has 0 aliphatic rings. The smallest absolute Gasteiger partial charge is 0.128 e. The quantitative estimate of drug-likeness (QED) is 0.856. The molecule has 0 fully saturated rings. The molecule has 1 atom stereocenters. The number of aryl methyl sites for hydroxylation is 2. The molecule has 2 aromatic rings. The average molecular weight is 289 g/mol. The highest BCUT2D eigenvalue weighted by molar-refractivity contribution is 5.31.